The Hall–Kier alpha value is -1.52. The Bertz CT molecular complexity index is 452. The van der Waals surface area contributed by atoms with E-state index < -0.39 is 0 Å². The van der Waals surface area contributed by atoms with E-state index in [9.17, 15) is 4.79 Å². The number of rotatable bonds is 22. The monoisotopic (exact) mass is 437 g/mol. The minimum Gasteiger partial charge on any atom is -0.464 e. The Morgan fingerprint density at radius 1 is 0.806 bits per heavy atom. The van der Waals surface area contributed by atoms with Gasteiger partial charge in [0.25, 0.3) is 0 Å². The molecule has 0 saturated heterocycles. The lowest BCUT2D eigenvalue weighted by Gasteiger charge is -2.16. The van der Waals surface area contributed by atoms with Gasteiger partial charge >= 0.3 is 5.97 Å². The van der Waals surface area contributed by atoms with E-state index in [0.717, 1.165) is 12.8 Å². The van der Waals surface area contributed by atoms with Crippen LogP contribution in [-0.2, 0) is 9.53 Å². The fourth-order valence-corrected chi connectivity index (χ4v) is 3.54. The summed E-state index contributed by atoms with van der Waals surface area (Å²) in [6, 6.07) is 0. The molecule has 0 amide bonds. The standard InChI is InChI=1S/C26H51N3O2/c1-3-4-5-6-7-8-9-10-11-12-13-14-15-16-17-18-19-20-21-22-25(30)31-24-23-29(2)26(27)28/h10-11H,3-9,12-24H2,1-2H3,(H3,27,28)/b11-10-. The number of likely N-dealkylation sites (N-methyl/N-ethyl adjacent to an activating group) is 1. The molecule has 31 heavy (non-hydrogen) atoms. The van der Waals surface area contributed by atoms with Crippen molar-refractivity contribution in [3.63, 3.8) is 0 Å². The van der Waals surface area contributed by atoms with E-state index in [1.165, 1.54) is 96.3 Å². The maximum atomic E-state index is 11.6. The summed E-state index contributed by atoms with van der Waals surface area (Å²) < 4.78 is 5.16. The number of guanidine groups is 1. The second kappa shape index (κ2) is 23.1. The third kappa shape index (κ3) is 23.0. The number of ether oxygens (including phenoxy) is 1. The summed E-state index contributed by atoms with van der Waals surface area (Å²) >= 11 is 0. The second-order valence-electron chi connectivity index (χ2n) is 8.78. The summed E-state index contributed by atoms with van der Waals surface area (Å²) in [6.45, 7) is 3.04. The highest BCUT2D eigenvalue weighted by Crippen LogP contribution is 2.12. The van der Waals surface area contributed by atoms with E-state index in [1.807, 2.05) is 0 Å². The van der Waals surface area contributed by atoms with Gasteiger partial charge in [0.05, 0.1) is 6.54 Å². The molecule has 0 atom stereocenters. The minimum atomic E-state index is -0.141. The van der Waals surface area contributed by atoms with Gasteiger partial charge in [-0.25, -0.2) is 0 Å². The summed E-state index contributed by atoms with van der Waals surface area (Å²) in [4.78, 5) is 13.2. The van der Waals surface area contributed by atoms with E-state index in [0.29, 0.717) is 19.6 Å². The van der Waals surface area contributed by atoms with Gasteiger partial charge in [-0.1, -0.05) is 96.1 Å². The SMILES string of the molecule is CCCCCCCC/C=C\CCCCCCCCCCCC(=O)OCCN(C)C(=N)N. The van der Waals surface area contributed by atoms with Crippen LogP contribution in [0.15, 0.2) is 12.2 Å². The zero-order valence-electron chi connectivity index (χ0n) is 20.6. The van der Waals surface area contributed by atoms with E-state index >= 15 is 0 Å². The number of nitrogens with two attached hydrogens (primary N) is 1. The maximum Gasteiger partial charge on any atom is 0.305 e. The molecule has 0 aromatic heterocycles. The number of carbonyl (C=O) groups excluding carboxylic acids is 1. The zero-order valence-corrected chi connectivity index (χ0v) is 20.6. The van der Waals surface area contributed by atoms with Crippen LogP contribution in [0.2, 0.25) is 0 Å². The Morgan fingerprint density at radius 3 is 1.74 bits per heavy atom. The van der Waals surface area contributed by atoms with Crippen molar-refractivity contribution in [2.75, 3.05) is 20.2 Å². The molecular formula is C26H51N3O2. The molecule has 0 aliphatic rings. The van der Waals surface area contributed by atoms with E-state index in [1.54, 1.807) is 11.9 Å². The van der Waals surface area contributed by atoms with Crippen LogP contribution in [0.1, 0.15) is 122 Å². The van der Waals surface area contributed by atoms with Crippen LogP contribution in [-0.4, -0.2) is 37.0 Å². The van der Waals surface area contributed by atoms with Crippen molar-refractivity contribution >= 4 is 11.9 Å². The van der Waals surface area contributed by atoms with Gasteiger partial charge in [-0.3, -0.25) is 10.2 Å². The molecule has 5 heteroatoms. The fourth-order valence-electron chi connectivity index (χ4n) is 3.54. The number of hydrogen-bond acceptors (Lipinski definition) is 3. The first-order valence-corrected chi connectivity index (χ1v) is 12.9. The molecule has 0 aromatic rings. The molecule has 3 N–H and O–H groups in total. The lowest BCUT2D eigenvalue weighted by molar-refractivity contribution is -0.143. The third-order valence-corrected chi connectivity index (χ3v) is 5.74. The maximum absolute atomic E-state index is 11.6. The summed E-state index contributed by atoms with van der Waals surface area (Å²) in [5.74, 6) is -0.148. The third-order valence-electron chi connectivity index (χ3n) is 5.74. The van der Waals surface area contributed by atoms with Gasteiger partial charge in [0, 0.05) is 13.5 Å². The highest BCUT2D eigenvalue weighted by Gasteiger charge is 2.04. The molecule has 0 heterocycles. The molecular weight excluding hydrogens is 386 g/mol. The number of carbonyl (C=O) groups is 1. The number of unbranched alkanes of at least 4 members (excludes halogenated alkanes) is 15. The lowest BCUT2D eigenvalue weighted by atomic mass is 10.1. The quantitative estimate of drug-likeness (QED) is 0.0631. The van der Waals surface area contributed by atoms with E-state index in [2.05, 4.69) is 19.1 Å². The molecule has 5 nitrogen and oxygen atoms in total. The number of esters is 1. The molecule has 0 aliphatic carbocycles. The number of nitrogens with zero attached hydrogens (tertiary/aromatic N) is 1. The molecule has 0 fully saturated rings. The Balaban J connectivity index is 3.23. The van der Waals surface area contributed by atoms with Gasteiger partial charge < -0.3 is 15.4 Å². The van der Waals surface area contributed by atoms with E-state index in [-0.39, 0.29) is 11.9 Å². The minimum absolute atomic E-state index is 0.00770. The molecule has 0 unspecified atom stereocenters. The van der Waals surface area contributed by atoms with Crippen LogP contribution in [0.25, 0.3) is 0 Å². The average Bonchev–Trinajstić information content (AvgIpc) is 2.75. The first kappa shape index (κ1) is 29.5. The average molecular weight is 438 g/mol. The van der Waals surface area contributed by atoms with Gasteiger partial charge in [-0.2, -0.15) is 0 Å². The van der Waals surface area contributed by atoms with Crippen molar-refractivity contribution in [2.24, 2.45) is 5.73 Å². The Labute approximate surface area is 192 Å². The van der Waals surface area contributed by atoms with Crippen molar-refractivity contribution in [1.29, 1.82) is 5.41 Å². The van der Waals surface area contributed by atoms with Crippen LogP contribution in [0, 0.1) is 5.41 Å². The van der Waals surface area contributed by atoms with Crippen LogP contribution in [0.5, 0.6) is 0 Å². The van der Waals surface area contributed by atoms with Gasteiger partial charge in [-0.05, 0) is 32.1 Å². The molecule has 0 spiro atoms. The summed E-state index contributed by atoms with van der Waals surface area (Å²) in [7, 11) is 1.71. The first-order valence-electron chi connectivity index (χ1n) is 12.9. The van der Waals surface area contributed by atoms with Gasteiger partial charge in [-0.15, -0.1) is 0 Å². The Morgan fingerprint density at radius 2 is 1.26 bits per heavy atom. The van der Waals surface area contributed by atoms with Gasteiger partial charge in [0.1, 0.15) is 6.61 Å². The molecule has 0 rings (SSSR count). The zero-order chi connectivity index (χ0) is 23.0. The topological polar surface area (TPSA) is 79.4 Å². The number of nitrogens with one attached hydrogen (secondary N) is 1. The predicted molar refractivity (Wildman–Crippen MR) is 133 cm³/mol. The van der Waals surface area contributed by atoms with Gasteiger partial charge in [0.2, 0.25) is 0 Å². The largest absolute Gasteiger partial charge is 0.464 e. The van der Waals surface area contributed by atoms with E-state index in [4.69, 9.17) is 15.9 Å². The van der Waals surface area contributed by atoms with Crippen molar-refractivity contribution < 1.29 is 9.53 Å². The molecule has 0 radical (unpaired) electrons. The molecule has 0 aliphatic heterocycles. The van der Waals surface area contributed by atoms with Crippen LogP contribution < -0.4 is 5.73 Å². The first-order chi connectivity index (χ1) is 15.1. The fraction of sp³-hybridized carbons (Fsp3) is 0.846. The molecule has 182 valence electrons. The number of hydrogen-bond donors (Lipinski definition) is 2. The summed E-state index contributed by atoms with van der Waals surface area (Å²) in [5.41, 5.74) is 5.33. The number of allylic oxidation sites excluding steroid dienone is 2. The van der Waals surface area contributed by atoms with Crippen molar-refractivity contribution in [3.8, 4) is 0 Å². The van der Waals surface area contributed by atoms with Crippen LogP contribution in [0.3, 0.4) is 0 Å². The van der Waals surface area contributed by atoms with Crippen LogP contribution in [0.4, 0.5) is 0 Å². The van der Waals surface area contributed by atoms with Gasteiger partial charge in [0.15, 0.2) is 5.96 Å². The van der Waals surface area contributed by atoms with Crippen molar-refractivity contribution in [2.45, 2.75) is 122 Å². The molecule has 0 bridgehead atoms. The predicted octanol–water partition coefficient (Wildman–Crippen LogP) is 6.95. The van der Waals surface area contributed by atoms with Crippen molar-refractivity contribution in [1.82, 2.24) is 4.90 Å². The smallest absolute Gasteiger partial charge is 0.305 e. The normalized spacial score (nSPS) is 11.2. The molecule has 0 saturated carbocycles. The van der Waals surface area contributed by atoms with Crippen LogP contribution >= 0.6 is 0 Å². The summed E-state index contributed by atoms with van der Waals surface area (Å²) in [6.07, 6.45) is 27.3. The summed E-state index contributed by atoms with van der Waals surface area (Å²) in [5, 5.41) is 7.24. The highest BCUT2D eigenvalue weighted by atomic mass is 16.5. The molecule has 0 aromatic carbocycles. The van der Waals surface area contributed by atoms with Crippen molar-refractivity contribution in [3.05, 3.63) is 12.2 Å². The lowest BCUT2D eigenvalue weighted by Crippen LogP contribution is -2.35. The highest BCUT2D eigenvalue weighted by molar-refractivity contribution is 5.74. The Kier molecular flexibility index (Phi) is 22.0. The second-order valence-corrected chi connectivity index (χ2v) is 8.78.